The number of hydrogen-bond acceptors (Lipinski definition) is 4. The van der Waals surface area contributed by atoms with Crippen molar-refractivity contribution < 1.29 is 4.79 Å². The molecule has 4 N–H and O–H groups in total. The van der Waals surface area contributed by atoms with Gasteiger partial charge in [0.25, 0.3) is 5.91 Å². The van der Waals surface area contributed by atoms with E-state index in [1.165, 1.54) is 0 Å². The number of rotatable bonds is 6. The zero-order valence-corrected chi connectivity index (χ0v) is 10.1. The number of carbonyl (C=O) groups excluding carboxylic acids is 1. The van der Waals surface area contributed by atoms with Crippen molar-refractivity contribution in [3.05, 3.63) is 11.6 Å². The minimum Gasteiger partial charge on any atom is -0.345 e. The zero-order chi connectivity index (χ0) is 12.3. The Morgan fingerprint density at radius 3 is 3.00 bits per heavy atom. The van der Waals surface area contributed by atoms with E-state index in [1.807, 2.05) is 0 Å². The molecule has 17 heavy (non-hydrogen) atoms. The third-order valence-corrected chi connectivity index (χ3v) is 2.93. The average Bonchev–Trinajstić information content (AvgIpc) is 3.06. The van der Waals surface area contributed by atoms with Crippen LogP contribution in [0.5, 0.6) is 0 Å². The Kier molecular flexibility index (Phi) is 3.73. The second kappa shape index (κ2) is 5.27. The smallest absolute Gasteiger partial charge is 0.291 e. The van der Waals surface area contributed by atoms with Gasteiger partial charge in [-0.15, -0.1) is 5.10 Å². The van der Waals surface area contributed by atoms with Crippen molar-refractivity contribution in [3.8, 4) is 0 Å². The summed E-state index contributed by atoms with van der Waals surface area (Å²) in [7, 11) is 0. The van der Waals surface area contributed by atoms with Crippen LogP contribution in [-0.4, -0.2) is 33.7 Å². The van der Waals surface area contributed by atoms with Gasteiger partial charge in [-0.2, -0.15) is 0 Å². The predicted molar refractivity (Wildman–Crippen MR) is 63.6 cm³/mol. The van der Waals surface area contributed by atoms with E-state index in [2.05, 4.69) is 27.4 Å². The maximum atomic E-state index is 11.8. The van der Waals surface area contributed by atoms with Gasteiger partial charge in [0.05, 0.1) is 0 Å². The van der Waals surface area contributed by atoms with E-state index in [-0.39, 0.29) is 17.8 Å². The minimum absolute atomic E-state index is 0.00961. The first-order valence-corrected chi connectivity index (χ1v) is 6.17. The minimum atomic E-state index is -0.239. The number of carbonyl (C=O) groups is 1. The van der Waals surface area contributed by atoms with Crippen LogP contribution in [0.1, 0.15) is 55.0 Å². The van der Waals surface area contributed by atoms with Crippen molar-refractivity contribution in [1.82, 2.24) is 20.5 Å². The predicted octanol–water partition coefficient (Wildman–Crippen LogP) is 0.539. The summed E-state index contributed by atoms with van der Waals surface area (Å²) in [5.41, 5.74) is 5.59. The highest BCUT2D eigenvalue weighted by atomic mass is 16.2. The molecule has 94 valence electrons. The van der Waals surface area contributed by atoms with Crippen LogP contribution < -0.4 is 11.1 Å². The molecule has 1 atom stereocenters. The van der Waals surface area contributed by atoms with Crippen LogP contribution >= 0.6 is 0 Å². The highest BCUT2D eigenvalue weighted by Crippen LogP contribution is 2.37. The van der Waals surface area contributed by atoms with Crippen molar-refractivity contribution in [2.75, 3.05) is 6.54 Å². The lowest BCUT2D eigenvalue weighted by atomic mass is 10.1. The molecular formula is C11H19N5O. The molecule has 0 aliphatic heterocycles. The fourth-order valence-electron chi connectivity index (χ4n) is 1.76. The molecular weight excluding hydrogens is 218 g/mol. The van der Waals surface area contributed by atoms with Crippen molar-refractivity contribution in [2.45, 2.75) is 44.6 Å². The highest BCUT2D eigenvalue weighted by Gasteiger charge is 2.28. The van der Waals surface area contributed by atoms with Crippen LogP contribution in [0.2, 0.25) is 0 Å². The van der Waals surface area contributed by atoms with Gasteiger partial charge in [0.1, 0.15) is 5.82 Å². The zero-order valence-electron chi connectivity index (χ0n) is 10.1. The monoisotopic (exact) mass is 237 g/mol. The molecule has 1 heterocycles. The summed E-state index contributed by atoms with van der Waals surface area (Å²) in [4.78, 5) is 16.0. The second-order valence-corrected chi connectivity index (χ2v) is 4.51. The normalized spacial score (nSPS) is 16.8. The van der Waals surface area contributed by atoms with Gasteiger partial charge in [-0.25, -0.2) is 4.98 Å². The number of aromatic nitrogens is 3. The van der Waals surface area contributed by atoms with Gasteiger partial charge in [-0.3, -0.25) is 9.89 Å². The summed E-state index contributed by atoms with van der Waals surface area (Å²) in [5.74, 6) is 1.29. The quantitative estimate of drug-likeness (QED) is 0.672. The molecule has 0 spiro atoms. The molecule has 0 radical (unpaired) electrons. The number of nitrogens with zero attached hydrogens (tertiary/aromatic N) is 2. The Hall–Kier alpha value is -1.43. The molecule has 1 aromatic heterocycles. The van der Waals surface area contributed by atoms with E-state index in [4.69, 9.17) is 5.73 Å². The molecule has 6 heteroatoms. The molecule has 0 saturated heterocycles. The Morgan fingerprint density at radius 1 is 1.65 bits per heavy atom. The van der Waals surface area contributed by atoms with E-state index in [9.17, 15) is 4.79 Å². The van der Waals surface area contributed by atoms with Crippen molar-refractivity contribution in [2.24, 2.45) is 5.73 Å². The first-order valence-electron chi connectivity index (χ1n) is 6.17. The SMILES string of the molecule is CCCC(CN)NC(=O)c1n[nH]c(C2CC2)n1. The van der Waals surface area contributed by atoms with Crippen LogP contribution in [0.4, 0.5) is 0 Å². The lowest BCUT2D eigenvalue weighted by molar-refractivity contribution is 0.0926. The molecule has 6 nitrogen and oxygen atoms in total. The van der Waals surface area contributed by atoms with Gasteiger partial charge in [-0.05, 0) is 19.3 Å². The van der Waals surface area contributed by atoms with Gasteiger partial charge in [0.15, 0.2) is 0 Å². The fraction of sp³-hybridized carbons (Fsp3) is 0.727. The lowest BCUT2D eigenvalue weighted by Crippen LogP contribution is -2.40. The Labute approximate surface area is 100 Å². The van der Waals surface area contributed by atoms with E-state index in [0.717, 1.165) is 31.5 Å². The molecule has 1 aromatic rings. The van der Waals surface area contributed by atoms with E-state index in [0.29, 0.717) is 12.5 Å². The molecule has 1 amide bonds. The standard InChI is InChI=1S/C11H19N5O/c1-2-3-8(6-12)13-11(17)10-14-9(15-16-10)7-4-5-7/h7-8H,2-6,12H2,1H3,(H,13,17)(H,14,15,16). The van der Waals surface area contributed by atoms with Gasteiger partial charge in [0, 0.05) is 18.5 Å². The number of aromatic amines is 1. The molecule has 1 aliphatic rings. The molecule has 1 aliphatic carbocycles. The Balaban J connectivity index is 1.93. The Bertz CT molecular complexity index is 385. The first kappa shape index (κ1) is 12.0. The van der Waals surface area contributed by atoms with E-state index >= 15 is 0 Å². The molecule has 1 fully saturated rings. The van der Waals surface area contributed by atoms with E-state index < -0.39 is 0 Å². The molecule has 0 bridgehead atoms. The second-order valence-electron chi connectivity index (χ2n) is 4.51. The maximum absolute atomic E-state index is 11.8. The van der Waals surface area contributed by atoms with Crippen LogP contribution in [0.25, 0.3) is 0 Å². The summed E-state index contributed by atoms with van der Waals surface area (Å²) >= 11 is 0. The van der Waals surface area contributed by atoms with Gasteiger partial charge in [-0.1, -0.05) is 13.3 Å². The van der Waals surface area contributed by atoms with Crippen molar-refractivity contribution in [3.63, 3.8) is 0 Å². The fourth-order valence-corrected chi connectivity index (χ4v) is 1.76. The largest absolute Gasteiger partial charge is 0.345 e. The summed E-state index contributed by atoms with van der Waals surface area (Å²) in [6.45, 7) is 2.51. The third-order valence-electron chi connectivity index (χ3n) is 2.93. The van der Waals surface area contributed by atoms with Crippen LogP contribution in [-0.2, 0) is 0 Å². The van der Waals surface area contributed by atoms with Gasteiger partial charge in [0.2, 0.25) is 5.82 Å². The third kappa shape index (κ3) is 3.03. The number of nitrogens with one attached hydrogen (secondary N) is 2. The average molecular weight is 237 g/mol. The number of hydrogen-bond donors (Lipinski definition) is 3. The number of nitrogens with two attached hydrogens (primary N) is 1. The van der Waals surface area contributed by atoms with Crippen molar-refractivity contribution in [1.29, 1.82) is 0 Å². The molecule has 1 saturated carbocycles. The number of amides is 1. The maximum Gasteiger partial charge on any atom is 0.291 e. The molecule has 1 unspecified atom stereocenters. The van der Waals surface area contributed by atoms with Crippen LogP contribution in [0.3, 0.4) is 0 Å². The van der Waals surface area contributed by atoms with Crippen LogP contribution in [0, 0.1) is 0 Å². The lowest BCUT2D eigenvalue weighted by Gasteiger charge is -2.14. The first-order chi connectivity index (χ1) is 8.24. The summed E-state index contributed by atoms with van der Waals surface area (Å²) in [6.07, 6.45) is 4.14. The Morgan fingerprint density at radius 2 is 2.41 bits per heavy atom. The van der Waals surface area contributed by atoms with Crippen LogP contribution in [0.15, 0.2) is 0 Å². The summed E-state index contributed by atoms with van der Waals surface area (Å²) in [6, 6.07) is 0.00961. The molecule has 0 aromatic carbocycles. The molecule has 2 rings (SSSR count). The van der Waals surface area contributed by atoms with Crippen molar-refractivity contribution >= 4 is 5.91 Å². The summed E-state index contributed by atoms with van der Waals surface area (Å²) in [5, 5.41) is 9.60. The summed E-state index contributed by atoms with van der Waals surface area (Å²) < 4.78 is 0. The highest BCUT2D eigenvalue weighted by molar-refractivity contribution is 5.90. The topological polar surface area (TPSA) is 96.7 Å². The number of H-pyrrole nitrogens is 1. The van der Waals surface area contributed by atoms with Gasteiger partial charge >= 0.3 is 0 Å². The van der Waals surface area contributed by atoms with E-state index in [1.54, 1.807) is 0 Å². The van der Waals surface area contributed by atoms with Gasteiger partial charge < -0.3 is 11.1 Å².